The van der Waals surface area contributed by atoms with Gasteiger partial charge in [-0.05, 0) is 31.2 Å². The molecule has 0 unspecified atom stereocenters. The summed E-state index contributed by atoms with van der Waals surface area (Å²) in [5, 5.41) is 4.43. The molecular weight excluding hydrogens is 299 g/mol. The fraction of sp³-hybridized carbons (Fsp3) is 0.357. The van der Waals surface area contributed by atoms with Crippen molar-refractivity contribution in [3.8, 4) is 5.75 Å². The van der Waals surface area contributed by atoms with E-state index in [4.69, 9.17) is 32.4 Å². The van der Waals surface area contributed by atoms with E-state index >= 15 is 0 Å². The van der Waals surface area contributed by atoms with Crippen molar-refractivity contribution < 1.29 is 9.15 Å². The summed E-state index contributed by atoms with van der Waals surface area (Å²) in [7, 11) is 0. The number of hydrogen-bond acceptors (Lipinski definition) is 4. The van der Waals surface area contributed by atoms with Crippen molar-refractivity contribution in [2.45, 2.75) is 12.5 Å². The van der Waals surface area contributed by atoms with Gasteiger partial charge in [0, 0.05) is 22.5 Å². The molecule has 1 aliphatic rings. The van der Waals surface area contributed by atoms with E-state index < -0.39 is 0 Å². The van der Waals surface area contributed by atoms with E-state index in [9.17, 15) is 0 Å². The van der Waals surface area contributed by atoms with Crippen molar-refractivity contribution in [2.24, 2.45) is 5.92 Å². The van der Waals surface area contributed by atoms with Crippen molar-refractivity contribution in [1.29, 1.82) is 0 Å². The SMILES string of the molecule is Clc1cc(Cl)cc(O[C@H](c2cnco2)[C@@H]2CCNC2)c1. The first-order chi connectivity index (χ1) is 9.72. The molecule has 1 aromatic heterocycles. The number of benzene rings is 1. The van der Waals surface area contributed by atoms with Crippen LogP contribution in [0.2, 0.25) is 10.0 Å². The standard InChI is InChI=1S/C14H14Cl2N2O2/c15-10-3-11(16)5-12(4-10)20-14(9-1-2-17-6-9)13-7-18-8-19-13/h3-5,7-9,14,17H,1-2,6H2/t9-,14+/m1/s1. The largest absolute Gasteiger partial charge is 0.482 e. The van der Waals surface area contributed by atoms with Crippen LogP contribution in [0.4, 0.5) is 0 Å². The molecule has 106 valence electrons. The minimum absolute atomic E-state index is 0.193. The zero-order chi connectivity index (χ0) is 13.9. The highest BCUT2D eigenvalue weighted by Gasteiger charge is 2.30. The predicted octanol–water partition coefficient (Wildman–Crippen LogP) is 3.71. The molecule has 3 rings (SSSR count). The molecule has 4 nitrogen and oxygen atoms in total. The van der Waals surface area contributed by atoms with Crippen LogP contribution >= 0.6 is 23.2 Å². The fourth-order valence-electron chi connectivity index (χ4n) is 2.43. The topological polar surface area (TPSA) is 47.3 Å². The van der Waals surface area contributed by atoms with Gasteiger partial charge in [0.05, 0.1) is 6.20 Å². The van der Waals surface area contributed by atoms with E-state index in [0.717, 1.165) is 25.3 Å². The van der Waals surface area contributed by atoms with Crippen molar-refractivity contribution in [3.63, 3.8) is 0 Å². The van der Waals surface area contributed by atoms with E-state index in [0.29, 0.717) is 21.7 Å². The van der Waals surface area contributed by atoms with E-state index in [2.05, 4.69) is 10.3 Å². The maximum absolute atomic E-state index is 6.06. The number of halogens is 2. The Morgan fingerprint density at radius 2 is 2.10 bits per heavy atom. The molecule has 0 saturated carbocycles. The fourth-order valence-corrected chi connectivity index (χ4v) is 2.94. The maximum atomic E-state index is 6.06. The summed E-state index contributed by atoms with van der Waals surface area (Å²) in [5.74, 6) is 1.69. The zero-order valence-electron chi connectivity index (χ0n) is 10.7. The van der Waals surface area contributed by atoms with E-state index in [-0.39, 0.29) is 6.10 Å². The number of oxazole rings is 1. The lowest BCUT2D eigenvalue weighted by Gasteiger charge is -2.22. The normalized spacial score (nSPS) is 20.0. The second kappa shape index (κ2) is 6.04. The highest BCUT2D eigenvalue weighted by atomic mass is 35.5. The predicted molar refractivity (Wildman–Crippen MR) is 77.3 cm³/mol. The second-order valence-corrected chi connectivity index (χ2v) is 5.67. The van der Waals surface area contributed by atoms with Crippen LogP contribution in [0, 0.1) is 5.92 Å². The lowest BCUT2D eigenvalue weighted by Crippen LogP contribution is -2.21. The smallest absolute Gasteiger partial charge is 0.181 e. The summed E-state index contributed by atoms with van der Waals surface area (Å²) in [6.45, 7) is 1.87. The Bertz CT molecular complexity index is 548. The third-order valence-corrected chi connectivity index (χ3v) is 3.79. The number of rotatable bonds is 4. The van der Waals surface area contributed by atoms with Crippen LogP contribution in [0.5, 0.6) is 5.75 Å². The Morgan fingerprint density at radius 1 is 1.30 bits per heavy atom. The number of nitrogens with zero attached hydrogens (tertiary/aromatic N) is 1. The van der Waals surface area contributed by atoms with Gasteiger partial charge in [-0.1, -0.05) is 23.2 Å². The Balaban J connectivity index is 1.85. The van der Waals surface area contributed by atoms with Gasteiger partial charge < -0.3 is 14.5 Å². The van der Waals surface area contributed by atoms with E-state index in [1.165, 1.54) is 6.39 Å². The molecule has 1 aliphatic heterocycles. The number of ether oxygens (including phenoxy) is 1. The van der Waals surface area contributed by atoms with Crippen molar-refractivity contribution in [1.82, 2.24) is 10.3 Å². The van der Waals surface area contributed by atoms with Crippen LogP contribution in [-0.2, 0) is 0 Å². The van der Waals surface area contributed by atoms with Crippen LogP contribution in [0.15, 0.2) is 35.2 Å². The van der Waals surface area contributed by atoms with Gasteiger partial charge in [0.25, 0.3) is 0 Å². The summed E-state index contributed by atoms with van der Waals surface area (Å²) in [5.41, 5.74) is 0. The number of nitrogens with one attached hydrogen (secondary N) is 1. The van der Waals surface area contributed by atoms with Crippen LogP contribution in [0.1, 0.15) is 18.3 Å². The van der Waals surface area contributed by atoms with Gasteiger partial charge in [0.15, 0.2) is 18.3 Å². The minimum atomic E-state index is -0.193. The third kappa shape index (κ3) is 3.08. The Kier molecular flexibility index (Phi) is 4.15. The molecular formula is C14H14Cl2N2O2. The molecule has 0 aliphatic carbocycles. The highest BCUT2D eigenvalue weighted by Crippen LogP contribution is 2.34. The molecule has 1 aromatic carbocycles. The molecule has 2 aromatic rings. The second-order valence-electron chi connectivity index (χ2n) is 4.80. The van der Waals surface area contributed by atoms with Gasteiger partial charge >= 0.3 is 0 Å². The maximum Gasteiger partial charge on any atom is 0.181 e. The van der Waals surface area contributed by atoms with E-state index in [1.807, 2.05) is 0 Å². The first-order valence-corrected chi connectivity index (χ1v) is 7.20. The van der Waals surface area contributed by atoms with Crippen LogP contribution < -0.4 is 10.1 Å². The van der Waals surface area contributed by atoms with Gasteiger partial charge in [-0.3, -0.25) is 0 Å². The average Bonchev–Trinajstić information content (AvgIpc) is 3.08. The number of aromatic nitrogens is 1. The molecule has 1 N–H and O–H groups in total. The Labute approximate surface area is 127 Å². The summed E-state index contributed by atoms with van der Waals surface area (Å²) in [6, 6.07) is 5.18. The van der Waals surface area contributed by atoms with Gasteiger partial charge in [0.2, 0.25) is 0 Å². The quantitative estimate of drug-likeness (QED) is 0.935. The number of hydrogen-bond donors (Lipinski definition) is 1. The van der Waals surface area contributed by atoms with Gasteiger partial charge in [-0.25, -0.2) is 4.98 Å². The first kappa shape index (κ1) is 13.7. The summed E-state index contributed by atoms with van der Waals surface area (Å²) in [4.78, 5) is 3.97. The summed E-state index contributed by atoms with van der Waals surface area (Å²) < 4.78 is 11.5. The van der Waals surface area contributed by atoms with E-state index in [1.54, 1.807) is 24.4 Å². The van der Waals surface area contributed by atoms with Crippen LogP contribution in [0.3, 0.4) is 0 Å². The molecule has 0 bridgehead atoms. The van der Waals surface area contributed by atoms with Crippen LogP contribution in [-0.4, -0.2) is 18.1 Å². The molecule has 20 heavy (non-hydrogen) atoms. The third-order valence-electron chi connectivity index (χ3n) is 3.36. The monoisotopic (exact) mass is 312 g/mol. The minimum Gasteiger partial charge on any atom is -0.482 e. The summed E-state index contributed by atoms with van der Waals surface area (Å²) in [6.07, 6.45) is 3.94. The molecule has 0 spiro atoms. The first-order valence-electron chi connectivity index (χ1n) is 6.44. The Morgan fingerprint density at radius 3 is 2.70 bits per heavy atom. The van der Waals surface area contributed by atoms with Gasteiger partial charge in [-0.15, -0.1) is 0 Å². The summed E-state index contributed by atoms with van der Waals surface area (Å²) >= 11 is 12.0. The van der Waals surface area contributed by atoms with Gasteiger partial charge in [0.1, 0.15) is 5.75 Å². The molecule has 6 heteroatoms. The van der Waals surface area contributed by atoms with Gasteiger partial charge in [-0.2, -0.15) is 0 Å². The molecule has 1 fully saturated rings. The van der Waals surface area contributed by atoms with Crippen molar-refractivity contribution >= 4 is 23.2 Å². The molecule has 0 radical (unpaired) electrons. The highest BCUT2D eigenvalue weighted by molar-refractivity contribution is 6.34. The molecule has 2 heterocycles. The lowest BCUT2D eigenvalue weighted by atomic mass is 10.00. The molecule has 1 saturated heterocycles. The lowest BCUT2D eigenvalue weighted by molar-refractivity contribution is 0.120. The van der Waals surface area contributed by atoms with Crippen molar-refractivity contribution in [2.75, 3.05) is 13.1 Å². The molecule has 0 amide bonds. The molecule has 2 atom stereocenters. The zero-order valence-corrected chi connectivity index (χ0v) is 12.2. The van der Waals surface area contributed by atoms with Crippen molar-refractivity contribution in [3.05, 3.63) is 46.6 Å². The Hall–Kier alpha value is -1.23. The average molecular weight is 313 g/mol. The van der Waals surface area contributed by atoms with Crippen LogP contribution in [0.25, 0.3) is 0 Å².